The molecular formula is C14H26BrN3O2. The molecule has 1 N–H and O–H groups in total. The first kappa shape index (κ1) is 17.6. The fourth-order valence-corrected chi connectivity index (χ4v) is 2.74. The molecule has 0 aliphatic carbocycles. The van der Waals surface area contributed by atoms with E-state index in [1.54, 1.807) is 14.2 Å². The molecule has 1 atom stereocenters. The Bertz CT molecular complexity index is 405. The molecule has 1 aromatic rings. The van der Waals surface area contributed by atoms with Gasteiger partial charge in [-0.1, -0.05) is 6.92 Å². The van der Waals surface area contributed by atoms with Crippen molar-refractivity contribution in [1.82, 2.24) is 15.1 Å². The van der Waals surface area contributed by atoms with Gasteiger partial charge in [-0.15, -0.1) is 0 Å². The highest BCUT2D eigenvalue weighted by Crippen LogP contribution is 2.23. The Morgan fingerprint density at radius 3 is 2.45 bits per heavy atom. The van der Waals surface area contributed by atoms with E-state index >= 15 is 0 Å². The summed E-state index contributed by atoms with van der Waals surface area (Å²) in [5.74, 6) is 0. The molecule has 0 bridgehead atoms. The minimum Gasteiger partial charge on any atom is -0.354 e. The van der Waals surface area contributed by atoms with Gasteiger partial charge < -0.3 is 14.8 Å². The third-order valence-electron chi connectivity index (χ3n) is 3.32. The van der Waals surface area contributed by atoms with Crippen LogP contribution in [-0.2, 0) is 22.4 Å². The quantitative estimate of drug-likeness (QED) is 0.697. The first-order valence-corrected chi connectivity index (χ1v) is 7.88. The van der Waals surface area contributed by atoms with Gasteiger partial charge in [-0.05, 0) is 42.7 Å². The standard InChI is InChI=1S/C14H26BrN3O2/c1-6-8-16-11(14(19-4)20-5)9-12-13(15)10(3)17-18(12)7-2/h11,14,16H,6-9H2,1-5H3. The van der Waals surface area contributed by atoms with E-state index in [0.717, 1.165) is 36.1 Å². The summed E-state index contributed by atoms with van der Waals surface area (Å²) in [6.07, 6.45) is 1.61. The lowest BCUT2D eigenvalue weighted by Crippen LogP contribution is -2.44. The lowest BCUT2D eigenvalue weighted by atomic mass is 10.1. The van der Waals surface area contributed by atoms with Crippen molar-refractivity contribution in [2.45, 2.75) is 52.5 Å². The second-order valence-corrected chi connectivity index (χ2v) is 5.56. The highest BCUT2D eigenvalue weighted by atomic mass is 79.9. The summed E-state index contributed by atoms with van der Waals surface area (Å²) >= 11 is 3.64. The Hall–Kier alpha value is -0.430. The molecule has 116 valence electrons. The zero-order valence-corrected chi connectivity index (χ0v) is 14.7. The van der Waals surface area contributed by atoms with Crippen LogP contribution >= 0.6 is 15.9 Å². The summed E-state index contributed by atoms with van der Waals surface area (Å²) in [5.41, 5.74) is 2.19. The van der Waals surface area contributed by atoms with Gasteiger partial charge in [0.25, 0.3) is 0 Å². The molecule has 0 aromatic carbocycles. The zero-order chi connectivity index (χ0) is 15.1. The van der Waals surface area contributed by atoms with Crippen LogP contribution in [0.3, 0.4) is 0 Å². The number of nitrogens with zero attached hydrogens (tertiary/aromatic N) is 2. The summed E-state index contributed by atoms with van der Waals surface area (Å²) in [4.78, 5) is 0. The topological polar surface area (TPSA) is 48.3 Å². The Kier molecular flexibility index (Phi) is 7.72. The molecule has 0 saturated carbocycles. The number of halogens is 1. The lowest BCUT2D eigenvalue weighted by Gasteiger charge is -2.26. The van der Waals surface area contributed by atoms with E-state index < -0.39 is 0 Å². The maximum Gasteiger partial charge on any atom is 0.172 e. The van der Waals surface area contributed by atoms with Crippen LogP contribution in [0.5, 0.6) is 0 Å². The monoisotopic (exact) mass is 347 g/mol. The van der Waals surface area contributed by atoms with Crippen LogP contribution < -0.4 is 5.32 Å². The molecule has 0 fully saturated rings. The molecule has 0 saturated heterocycles. The van der Waals surface area contributed by atoms with Crippen LogP contribution in [0.25, 0.3) is 0 Å². The first-order valence-electron chi connectivity index (χ1n) is 7.09. The van der Waals surface area contributed by atoms with Gasteiger partial charge in [0, 0.05) is 27.2 Å². The molecule has 0 aliphatic heterocycles. The van der Waals surface area contributed by atoms with Crippen LogP contribution in [0.4, 0.5) is 0 Å². The van der Waals surface area contributed by atoms with Gasteiger partial charge in [-0.25, -0.2) is 0 Å². The summed E-state index contributed by atoms with van der Waals surface area (Å²) < 4.78 is 14.0. The van der Waals surface area contributed by atoms with E-state index in [2.05, 4.69) is 40.2 Å². The maximum atomic E-state index is 5.42. The Balaban J connectivity index is 2.93. The Morgan fingerprint density at radius 2 is 1.95 bits per heavy atom. The normalized spacial score (nSPS) is 13.2. The van der Waals surface area contributed by atoms with Gasteiger partial charge in [0.1, 0.15) is 0 Å². The lowest BCUT2D eigenvalue weighted by molar-refractivity contribution is -0.122. The van der Waals surface area contributed by atoms with Gasteiger partial charge in [-0.3, -0.25) is 4.68 Å². The molecular weight excluding hydrogens is 322 g/mol. The van der Waals surface area contributed by atoms with Crippen LogP contribution in [0.2, 0.25) is 0 Å². The zero-order valence-electron chi connectivity index (χ0n) is 13.1. The van der Waals surface area contributed by atoms with E-state index in [-0.39, 0.29) is 12.3 Å². The number of methoxy groups -OCH3 is 2. The van der Waals surface area contributed by atoms with Crippen molar-refractivity contribution in [1.29, 1.82) is 0 Å². The Labute approximate surface area is 130 Å². The molecule has 1 rings (SSSR count). The predicted octanol–water partition coefficient (Wildman–Crippen LogP) is 2.50. The summed E-state index contributed by atoms with van der Waals surface area (Å²) in [6, 6.07) is 0.0997. The van der Waals surface area contributed by atoms with Crippen molar-refractivity contribution in [2.75, 3.05) is 20.8 Å². The summed E-state index contributed by atoms with van der Waals surface area (Å²) in [6.45, 7) is 8.05. The van der Waals surface area contributed by atoms with Crippen LogP contribution in [-0.4, -0.2) is 42.9 Å². The highest BCUT2D eigenvalue weighted by molar-refractivity contribution is 9.10. The fourth-order valence-electron chi connectivity index (χ4n) is 2.29. The summed E-state index contributed by atoms with van der Waals surface area (Å²) in [5, 5.41) is 8.03. The van der Waals surface area contributed by atoms with Gasteiger partial charge in [0.15, 0.2) is 6.29 Å². The van der Waals surface area contributed by atoms with Crippen LogP contribution in [0.15, 0.2) is 4.47 Å². The number of nitrogens with one attached hydrogen (secondary N) is 1. The van der Waals surface area contributed by atoms with Crippen molar-refractivity contribution in [3.8, 4) is 0 Å². The molecule has 20 heavy (non-hydrogen) atoms. The maximum absolute atomic E-state index is 5.42. The van der Waals surface area contributed by atoms with Crippen LogP contribution in [0.1, 0.15) is 31.7 Å². The van der Waals surface area contributed by atoms with E-state index in [0.29, 0.717) is 0 Å². The minimum atomic E-state index is -0.269. The molecule has 1 unspecified atom stereocenters. The minimum absolute atomic E-state index is 0.0997. The van der Waals surface area contributed by atoms with E-state index in [4.69, 9.17) is 9.47 Å². The molecule has 0 radical (unpaired) electrons. The summed E-state index contributed by atoms with van der Waals surface area (Å²) in [7, 11) is 3.35. The van der Waals surface area contributed by atoms with Gasteiger partial charge in [0.2, 0.25) is 0 Å². The van der Waals surface area contributed by atoms with Gasteiger partial charge in [0.05, 0.1) is 21.9 Å². The van der Waals surface area contributed by atoms with Crippen molar-refractivity contribution < 1.29 is 9.47 Å². The predicted molar refractivity (Wildman–Crippen MR) is 83.9 cm³/mol. The van der Waals surface area contributed by atoms with E-state index in [1.807, 2.05) is 11.6 Å². The van der Waals surface area contributed by atoms with Crippen molar-refractivity contribution in [2.24, 2.45) is 0 Å². The third-order valence-corrected chi connectivity index (χ3v) is 4.35. The molecule has 0 aliphatic rings. The largest absolute Gasteiger partial charge is 0.354 e. The number of ether oxygens (including phenoxy) is 2. The Morgan fingerprint density at radius 1 is 1.30 bits per heavy atom. The van der Waals surface area contributed by atoms with E-state index in [1.165, 1.54) is 5.69 Å². The number of aromatic nitrogens is 2. The molecule has 1 heterocycles. The van der Waals surface area contributed by atoms with Gasteiger partial charge in [-0.2, -0.15) is 5.10 Å². The van der Waals surface area contributed by atoms with Gasteiger partial charge >= 0.3 is 0 Å². The number of aryl methyl sites for hydroxylation is 2. The molecule has 5 nitrogen and oxygen atoms in total. The molecule has 0 amide bonds. The average molecular weight is 348 g/mol. The first-order chi connectivity index (χ1) is 9.58. The highest BCUT2D eigenvalue weighted by Gasteiger charge is 2.24. The van der Waals surface area contributed by atoms with Crippen molar-refractivity contribution in [3.05, 3.63) is 15.9 Å². The fraction of sp³-hybridized carbons (Fsp3) is 0.786. The number of hydrogen-bond donors (Lipinski definition) is 1. The molecule has 1 aromatic heterocycles. The third kappa shape index (κ3) is 4.28. The smallest absolute Gasteiger partial charge is 0.172 e. The van der Waals surface area contributed by atoms with Crippen molar-refractivity contribution in [3.63, 3.8) is 0 Å². The SMILES string of the molecule is CCCNC(Cc1c(Br)c(C)nn1CC)C(OC)OC. The number of hydrogen-bond acceptors (Lipinski definition) is 4. The van der Waals surface area contributed by atoms with Crippen molar-refractivity contribution >= 4 is 15.9 Å². The average Bonchev–Trinajstić information content (AvgIpc) is 2.73. The van der Waals surface area contributed by atoms with E-state index in [9.17, 15) is 0 Å². The molecule has 6 heteroatoms. The number of rotatable bonds is 9. The van der Waals surface area contributed by atoms with Crippen LogP contribution in [0, 0.1) is 6.92 Å². The molecule has 0 spiro atoms. The second-order valence-electron chi connectivity index (χ2n) is 4.77. The second kappa shape index (κ2) is 8.77.